The molecule has 3 atom stereocenters. The summed E-state index contributed by atoms with van der Waals surface area (Å²) in [6.07, 6.45) is 1.45. The van der Waals surface area contributed by atoms with Gasteiger partial charge in [-0.05, 0) is 57.4 Å². The monoisotopic (exact) mass is 395 g/mol. The number of carbonyl (C=O) groups is 2. The maximum Gasteiger partial charge on any atom is 0.414 e. The van der Waals surface area contributed by atoms with Gasteiger partial charge in [0.2, 0.25) is 0 Å². The number of ether oxygens (including phenoxy) is 1. The fourth-order valence-electron chi connectivity index (χ4n) is 3.58. The van der Waals surface area contributed by atoms with Crippen LogP contribution in [-0.2, 0) is 9.53 Å². The van der Waals surface area contributed by atoms with Crippen molar-refractivity contribution in [3.8, 4) is 0 Å². The van der Waals surface area contributed by atoms with E-state index in [1.165, 1.54) is 24.3 Å². The van der Waals surface area contributed by atoms with Crippen LogP contribution in [0.1, 0.15) is 20.3 Å². The first-order valence-corrected chi connectivity index (χ1v) is 9.66. The molecular weight excluding hydrogens is 365 g/mol. The molecule has 0 bridgehead atoms. The van der Waals surface area contributed by atoms with Crippen molar-refractivity contribution >= 4 is 23.8 Å². The Bertz CT molecular complexity index is 663. The summed E-state index contributed by atoms with van der Waals surface area (Å²) in [6.45, 7) is 6.33. The molecule has 0 radical (unpaired) electrons. The summed E-state index contributed by atoms with van der Waals surface area (Å²) in [5.74, 6) is 1.26. The third-order valence-electron chi connectivity index (χ3n) is 4.87. The predicted molar refractivity (Wildman–Crippen MR) is 106 cm³/mol. The molecule has 8 heteroatoms. The number of likely N-dealkylation sites (N-methyl/N-ethyl adjacent to an activating group) is 1. The highest BCUT2D eigenvalue weighted by atomic mass is 19.1. The maximum atomic E-state index is 14.4. The molecule has 1 saturated carbocycles. The van der Waals surface area contributed by atoms with Crippen LogP contribution in [0.4, 0.5) is 20.6 Å². The highest BCUT2D eigenvalue weighted by molar-refractivity contribution is 5.90. The highest BCUT2D eigenvalue weighted by Gasteiger charge is 2.45. The number of nitrogens with zero attached hydrogens (tertiary/aromatic N) is 2. The minimum atomic E-state index is -0.408. The number of halogens is 1. The minimum Gasteiger partial charge on any atom is -0.443 e. The number of amides is 1. The Balaban J connectivity index is 0.000000418. The third-order valence-corrected chi connectivity index (χ3v) is 4.87. The fourth-order valence-corrected chi connectivity index (χ4v) is 3.58. The van der Waals surface area contributed by atoms with Crippen LogP contribution in [0, 0.1) is 17.7 Å². The lowest BCUT2D eigenvalue weighted by Gasteiger charge is -2.22. The van der Waals surface area contributed by atoms with Crippen LogP contribution in [0.15, 0.2) is 18.2 Å². The number of carbonyl (C=O) groups excluding carboxylic acids is 2. The van der Waals surface area contributed by atoms with Crippen LogP contribution < -0.4 is 15.1 Å². The van der Waals surface area contributed by atoms with E-state index in [2.05, 4.69) is 10.2 Å². The average molecular weight is 395 g/mol. The molecule has 28 heavy (non-hydrogen) atoms. The van der Waals surface area contributed by atoms with E-state index in [-0.39, 0.29) is 18.5 Å². The normalized spacial score (nSPS) is 24.5. The first-order valence-electron chi connectivity index (χ1n) is 9.66. The standard InChI is InChI=1S/C16H20FN3O2.C2H6O.C2H4O/c1-18-6-13-9-20(16(21)22-13)12-2-3-15(14(17)5-12)19-7-10-4-11(10)8-19;2*1-2-3/h2-3,5,10-11,13,18H,4,6-9H2,1H3;3H,2H2,1H3;2H,1H3/t10-,11?,13?;;/m0../s1. The van der Waals surface area contributed by atoms with Crippen molar-refractivity contribution in [2.45, 2.75) is 26.4 Å². The molecule has 2 aliphatic heterocycles. The number of hydrogen-bond donors (Lipinski definition) is 2. The van der Waals surface area contributed by atoms with Gasteiger partial charge in [0.05, 0.1) is 17.9 Å². The van der Waals surface area contributed by atoms with Gasteiger partial charge in [-0.1, -0.05) is 0 Å². The fraction of sp³-hybridized carbons (Fsp3) is 0.600. The van der Waals surface area contributed by atoms with Crippen LogP contribution in [0.2, 0.25) is 0 Å². The second kappa shape index (κ2) is 10.4. The topological polar surface area (TPSA) is 82.1 Å². The van der Waals surface area contributed by atoms with E-state index in [9.17, 15) is 9.18 Å². The minimum absolute atomic E-state index is 0.189. The lowest BCUT2D eigenvalue weighted by molar-refractivity contribution is -0.106. The zero-order valence-electron chi connectivity index (χ0n) is 16.7. The van der Waals surface area contributed by atoms with Crippen LogP contribution >= 0.6 is 0 Å². The van der Waals surface area contributed by atoms with Crippen molar-refractivity contribution in [3.63, 3.8) is 0 Å². The number of hydrogen-bond acceptors (Lipinski definition) is 6. The number of benzene rings is 1. The largest absolute Gasteiger partial charge is 0.443 e. The molecule has 1 amide bonds. The summed E-state index contributed by atoms with van der Waals surface area (Å²) in [5, 5.41) is 10.6. The Kier molecular flexibility index (Phi) is 8.19. The van der Waals surface area contributed by atoms with Crippen molar-refractivity contribution in [1.82, 2.24) is 5.32 Å². The molecule has 7 nitrogen and oxygen atoms in total. The van der Waals surface area contributed by atoms with Gasteiger partial charge in [-0.15, -0.1) is 0 Å². The van der Waals surface area contributed by atoms with Gasteiger partial charge in [0.15, 0.2) is 0 Å². The van der Waals surface area contributed by atoms with Crippen molar-refractivity contribution in [3.05, 3.63) is 24.0 Å². The summed E-state index contributed by atoms with van der Waals surface area (Å²) in [5.41, 5.74) is 1.21. The Labute approximate surface area is 165 Å². The zero-order chi connectivity index (χ0) is 20.7. The Morgan fingerprint density at radius 2 is 1.93 bits per heavy atom. The molecule has 2 unspecified atom stereocenters. The second-order valence-corrected chi connectivity index (χ2v) is 7.02. The molecule has 1 aromatic carbocycles. The number of rotatable bonds is 4. The van der Waals surface area contributed by atoms with E-state index in [1.54, 1.807) is 13.0 Å². The first kappa shape index (κ1) is 22.1. The predicted octanol–water partition coefficient (Wildman–Crippen LogP) is 2.03. The van der Waals surface area contributed by atoms with E-state index in [4.69, 9.17) is 14.6 Å². The average Bonchev–Trinajstić information content (AvgIpc) is 3.08. The molecule has 156 valence electrons. The first-order chi connectivity index (χ1) is 13.5. The zero-order valence-corrected chi connectivity index (χ0v) is 16.7. The molecule has 3 fully saturated rings. The lowest BCUT2D eigenvalue weighted by atomic mass is 10.2. The summed E-state index contributed by atoms with van der Waals surface area (Å²) in [4.78, 5) is 24.3. The maximum absolute atomic E-state index is 14.4. The van der Waals surface area contributed by atoms with Crippen molar-refractivity contribution in [2.75, 3.05) is 49.6 Å². The number of cyclic esters (lactones) is 1. The van der Waals surface area contributed by atoms with Gasteiger partial charge in [0.1, 0.15) is 18.2 Å². The van der Waals surface area contributed by atoms with Gasteiger partial charge in [0, 0.05) is 26.2 Å². The molecule has 2 N–H and O–H groups in total. The van der Waals surface area contributed by atoms with Crippen LogP contribution in [-0.4, -0.2) is 63.4 Å². The lowest BCUT2D eigenvalue weighted by Crippen LogP contribution is -2.29. The van der Waals surface area contributed by atoms with Crippen LogP contribution in [0.25, 0.3) is 0 Å². The van der Waals surface area contributed by atoms with Crippen LogP contribution in [0.5, 0.6) is 0 Å². The van der Waals surface area contributed by atoms with E-state index in [0.29, 0.717) is 24.5 Å². The SMILES string of the molecule is CC=O.CCO.CNCC1CN(c2ccc(N3CC4C[C@H]4C3)c(F)c2)C(=O)O1. The van der Waals surface area contributed by atoms with E-state index < -0.39 is 6.09 Å². The molecule has 2 saturated heterocycles. The molecule has 1 aliphatic carbocycles. The van der Waals surface area contributed by atoms with Crippen LogP contribution in [0.3, 0.4) is 0 Å². The molecule has 0 aromatic heterocycles. The van der Waals surface area contributed by atoms with Gasteiger partial charge in [0.25, 0.3) is 0 Å². The van der Waals surface area contributed by atoms with Gasteiger partial charge in [-0.25, -0.2) is 9.18 Å². The number of nitrogens with one attached hydrogen (secondary N) is 1. The third kappa shape index (κ3) is 5.42. The number of aldehydes is 1. The quantitative estimate of drug-likeness (QED) is 0.760. The summed E-state index contributed by atoms with van der Waals surface area (Å²) in [7, 11) is 1.81. The van der Waals surface area contributed by atoms with E-state index in [1.807, 2.05) is 13.1 Å². The summed E-state index contributed by atoms with van der Waals surface area (Å²) < 4.78 is 19.7. The number of fused-ring (bicyclic) bond motifs is 1. The number of aliphatic hydroxyl groups is 1. The summed E-state index contributed by atoms with van der Waals surface area (Å²) in [6, 6.07) is 5.04. The molecule has 3 aliphatic rings. The van der Waals surface area contributed by atoms with Crippen molar-refractivity contribution < 1.29 is 23.8 Å². The Hall–Kier alpha value is -2.19. The molecule has 2 heterocycles. The molecule has 4 rings (SSSR count). The van der Waals surface area contributed by atoms with Crippen molar-refractivity contribution in [1.29, 1.82) is 0 Å². The van der Waals surface area contributed by atoms with Crippen molar-refractivity contribution in [2.24, 2.45) is 11.8 Å². The van der Waals surface area contributed by atoms with Gasteiger partial charge in [-0.3, -0.25) is 4.90 Å². The highest BCUT2D eigenvalue weighted by Crippen LogP contribution is 2.46. The Morgan fingerprint density at radius 3 is 2.46 bits per heavy atom. The molecule has 1 aromatic rings. The van der Waals surface area contributed by atoms with Gasteiger partial charge < -0.3 is 24.9 Å². The molecular formula is C20H30FN3O4. The van der Waals surface area contributed by atoms with Gasteiger partial charge in [-0.2, -0.15) is 0 Å². The van der Waals surface area contributed by atoms with E-state index in [0.717, 1.165) is 31.2 Å². The number of piperidine rings is 1. The van der Waals surface area contributed by atoms with E-state index >= 15 is 0 Å². The smallest absolute Gasteiger partial charge is 0.414 e. The number of aliphatic hydroxyl groups excluding tert-OH is 1. The van der Waals surface area contributed by atoms with Gasteiger partial charge >= 0.3 is 6.09 Å². The summed E-state index contributed by atoms with van der Waals surface area (Å²) >= 11 is 0. The number of anilines is 2. The molecule has 0 spiro atoms. The second-order valence-electron chi connectivity index (χ2n) is 7.02. The Morgan fingerprint density at radius 1 is 1.32 bits per heavy atom.